The fourth-order valence-corrected chi connectivity index (χ4v) is 2.24. The minimum absolute atomic E-state index is 0.00760. The van der Waals surface area contributed by atoms with Crippen LogP contribution in [-0.2, 0) is 4.74 Å². The van der Waals surface area contributed by atoms with Gasteiger partial charge in [-0.15, -0.1) is 0 Å². The Balaban J connectivity index is 3.24. The smallest absolute Gasteiger partial charge is 0.292 e. The minimum atomic E-state index is -0.728. The Bertz CT molecular complexity index is 462. The Morgan fingerprint density at radius 3 is 2.55 bits per heavy atom. The van der Waals surface area contributed by atoms with E-state index in [1.807, 2.05) is 18.7 Å². The third-order valence-electron chi connectivity index (χ3n) is 3.27. The van der Waals surface area contributed by atoms with E-state index >= 15 is 0 Å². The van der Waals surface area contributed by atoms with Gasteiger partial charge in [0.15, 0.2) is 0 Å². The van der Waals surface area contributed by atoms with Crippen LogP contribution in [0.2, 0.25) is 0 Å². The summed E-state index contributed by atoms with van der Waals surface area (Å²) in [6, 6.07) is 4.87. The summed E-state index contributed by atoms with van der Waals surface area (Å²) in [6.45, 7) is 6.62. The van der Waals surface area contributed by atoms with E-state index in [9.17, 15) is 15.2 Å². The number of ether oxygens (including phenoxy) is 1. The van der Waals surface area contributed by atoms with Gasteiger partial charge in [-0.2, -0.15) is 0 Å². The van der Waals surface area contributed by atoms with Crippen molar-refractivity contribution in [1.82, 2.24) is 0 Å². The molecule has 20 heavy (non-hydrogen) atoms. The second-order valence-corrected chi connectivity index (χ2v) is 4.77. The summed E-state index contributed by atoms with van der Waals surface area (Å²) >= 11 is 0. The zero-order valence-corrected chi connectivity index (χ0v) is 12.4. The summed E-state index contributed by atoms with van der Waals surface area (Å²) in [5, 5.41) is 20.8. The maximum atomic E-state index is 11.3. The molecule has 6 heteroatoms. The predicted octanol–water partition coefficient (Wildman–Crippen LogP) is 2.51. The average molecular weight is 282 g/mol. The summed E-state index contributed by atoms with van der Waals surface area (Å²) in [6.07, 6.45) is -0.728. The third-order valence-corrected chi connectivity index (χ3v) is 3.27. The molecule has 0 heterocycles. The van der Waals surface area contributed by atoms with Gasteiger partial charge in [0, 0.05) is 25.8 Å². The number of anilines is 1. The lowest BCUT2D eigenvalue weighted by atomic mass is 10.1. The number of rotatable bonds is 7. The first-order chi connectivity index (χ1) is 9.42. The van der Waals surface area contributed by atoms with E-state index in [-0.39, 0.29) is 11.7 Å². The predicted molar refractivity (Wildman–Crippen MR) is 78.1 cm³/mol. The zero-order valence-electron chi connectivity index (χ0n) is 12.4. The summed E-state index contributed by atoms with van der Waals surface area (Å²) in [4.78, 5) is 12.8. The second-order valence-electron chi connectivity index (χ2n) is 4.77. The number of nitrogens with zero attached hydrogens (tertiary/aromatic N) is 2. The van der Waals surface area contributed by atoms with E-state index in [1.165, 1.54) is 6.07 Å². The summed E-state index contributed by atoms with van der Waals surface area (Å²) < 4.78 is 5.12. The Labute approximate surface area is 119 Å². The van der Waals surface area contributed by atoms with Crippen LogP contribution in [0.5, 0.6) is 0 Å². The molecule has 112 valence electrons. The molecule has 1 aromatic carbocycles. The lowest BCUT2D eigenvalue weighted by Gasteiger charge is -2.29. The molecule has 0 spiro atoms. The van der Waals surface area contributed by atoms with Gasteiger partial charge in [-0.1, -0.05) is 6.07 Å². The topological polar surface area (TPSA) is 75.8 Å². The number of aliphatic hydroxyl groups is 1. The molecule has 1 unspecified atom stereocenters. The molecule has 6 nitrogen and oxygen atoms in total. The lowest BCUT2D eigenvalue weighted by Crippen LogP contribution is -2.36. The summed E-state index contributed by atoms with van der Waals surface area (Å²) in [5.41, 5.74) is 1.09. The van der Waals surface area contributed by atoms with Gasteiger partial charge in [-0.25, -0.2) is 0 Å². The third kappa shape index (κ3) is 3.68. The molecular formula is C14H22N2O4. The number of methoxy groups -OCH3 is 1. The maximum Gasteiger partial charge on any atom is 0.292 e. The number of benzene rings is 1. The highest BCUT2D eigenvalue weighted by Crippen LogP contribution is 2.32. The lowest BCUT2D eigenvalue weighted by molar-refractivity contribution is -0.384. The first-order valence-corrected chi connectivity index (χ1v) is 6.64. The van der Waals surface area contributed by atoms with Gasteiger partial charge in [0.1, 0.15) is 5.69 Å². The van der Waals surface area contributed by atoms with Crippen molar-refractivity contribution >= 4 is 11.4 Å². The summed E-state index contributed by atoms with van der Waals surface area (Å²) in [5.74, 6) is 0. The van der Waals surface area contributed by atoms with Crippen molar-refractivity contribution in [3.8, 4) is 0 Å². The van der Waals surface area contributed by atoms with Crippen molar-refractivity contribution in [2.24, 2.45) is 0 Å². The zero-order chi connectivity index (χ0) is 15.3. The van der Waals surface area contributed by atoms with Crippen molar-refractivity contribution < 1.29 is 14.8 Å². The van der Waals surface area contributed by atoms with E-state index < -0.39 is 11.0 Å². The highest BCUT2D eigenvalue weighted by molar-refractivity contribution is 5.65. The maximum absolute atomic E-state index is 11.3. The van der Waals surface area contributed by atoms with Gasteiger partial charge >= 0.3 is 0 Å². The van der Waals surface area contributed by atoms with Crippen molar-refractivity contribution in [3.05, 3.63) is 33.9 Å². The van der Waals surface area contributed by atoms with Crippen LogP contribution >= 0.6 is 0 Å². The van der Waals surface area contributed by atoms with E-state index in [4.69, 9.17) is 4.74 Å². The summed E-state index contributed by atoms with van der Waals surface area (Å²) in [7, 11) is 1.61. The van der Waals surface area contributed by atoms with Crippen LogP contribution in [0.15, 0.2) is 18.2 Å². The standard InChI is InChI=1S/C14H22N2O4/c1-5-15(10(2)9-20-4)13-7-6-12(11(3)17)8-14(13)16(18)19/h6-8,10-11,17H,5,9H2,1-4H3/t10?,11-/m1/s1. The Morgan fingerprint density at radius 2 is 2.10 bits per heavy atom. The molecule has 2 atom stereocenters. The highest BCUT2D eigenvalue weighted by Gasteiger charge is 2.23. The first-order valence-electron chi connectivity index (χ1n) is 6.64. The van der Waals surface area contributed by atoms with Crippen LogP contribution in [0, 0.1) is 10.1 Å². The molecule has 0 aliphatic carbocycles. The number of hydrogen-bond acceptors (Lipinski definition) is 5. The van der Waals surface area contributed by atoms with Gasteiger partial charge in [-0.3, -0.25) is 10.1 Å². The number of nitro groups is 1. The molecule has 0 saturated heterocycles. The average Bonchev–Trinajstić information content (AvgIpc) is 2.39. The molecule has 0 saturated carbocycles. The number of aliphatic hydroxyl groups excluding tert-OH is 1. The highest BCUT2D eigenvalue weighted by atomic mass is 16.6. The van der Waals surface area contributed by atoms with Gasteiger partial charge < -0.3 is 14.7 Å². The van der Waals surface area contributed by atoms with Crippen molar-refractivity contribution in [2.45, 2.75) is 32.9 Å². The number of hydrogen-bond donors (Lipinski definition) is 1. The fourth-order valence-electron chi connectivity index (χ4n) is 2.24. The van der Waals surface area contributed by atoms with Crippen LogP contribution in [0.1, 0.15) is 32.4 Å². The van der Waals surface area contributed by atoms with Gasteiger partial charge in [0.2, 0.25) is 0 Å². The van der Waals surface area contributed by atoms with Crippen LogP contribution in [0.3, 0.4) is 0 Å². The van der Waals surface area contributed by atoms with Crippen molar-refractivity contribution in [2.75, 3.05) is 25.2 Å². The molecule has 0 fully saturated rings. The van der Waals surface area contributed by atoms with Gasteiger partial charge in [0.25, 0.3) is 5.69 Å². The largest absolute Gasteiger partial charge is 0.389 e. The molecule has 1 aromatic rings. The van der Waals surface area contributed by atoms with E-state index in [0.29, 0.717) is 24.4 Å². The van der Waals surface area contributed by atoms with Crippen LogP contribution < -0.4 is 4.90 Å². The normalized spacial score (nSPS) is 13.8. The molecule has 0 bridgehead atoms. The fraction of sp³-hybridized carbons (Fsp3) is 0.571. The molecule has 1 rings (SSSR count). The van der Waals surface area contributed by atoms with Crippen LogP contribution in [0.4, 0.5) is 11.4 Å². The minimum Gasteiger partial charge on any atom is -0.389 e. The van der Waals surface area contributed by atoms with Crippen LogP contribution in [0.25, 0.3) is 0 Å². The molecule has 0 aromatic heterocycles. The van der Waals surface area contributed by atoms with Crippen LogP contribution in [-0.4, -0.2) is 36.3 Å². The molecular weight excluding hydrogens is 260 g/mol. The second kappa shape index (κ2) is 7.21. The van der Waals surface area contributed by atoms with E-state index in [1.54, 1.807) is 26.2 Å². The molecule has 0 amide bonds. The Hall–Kier alpha value is -1.66. The SMILES string of the molecule is CCN(c1ccc([C@@H](C)O)cc1[N+](=O)[O-])C(C)COC. The quantitative estimate of drug-likeness (QED) is 0.614. The van der Waals surface area contributed by atoms with Crippen molar-refractivity contribution in [3.63, 3.8) is 0 Å². The first kappa shape index (κ1) is 16.4. The van der Waals surface area contributed by atoms with E-state index in [0.717, 1.165) is 0 Å². The molecule has 1 N–H and O–H groups in total. The number of likely N-dealkylation sites (N-methyl/N-ethyl adjacent to an activating group) is 1. The monoisotopic (exact) mass is 282 g/mol. The molecule has 0 aliphatic heterocycles. The number of nitro benzene ring substituents is 1. The molecule has 0 aliphatic rings. The van der Waals surface area contributed by atoms with Gasteiger partial charge in [-0.05, 0) is 32.4 Å². The Morgan fingerprint density at radius 1 is 1.45 bits per heavy atom. The molecule has 0 radical (unpaired) electrons. The Kier molecular flexibility index (Phi) is 5.91. The van der Waals surface area contributed by atoms with Gasteiger partial charge in [0.05, 0.1) is 17.6 Å². The van der Waals surface area contributed by atoms with Crippen molar-refractivity contribution in [1.29, 1.82) is 0 Å². The van der Waals surface area contributed by atoms with E-state index in [2.05, 4.69) is 0 Å².